The summed E-state index contributed by atoms with van der Waals surface area (Å²) in [6.07, 6.45) is 3.55. The maximum absolute atomic E-state index is 5.39. The molecular formula is C15H19N3O2. The lowest BCUT2D eigenvalue weighted by molar-refractivity contribution is 0.350. The lowest BCUT2D eigenvalue weighted by Crippen LogP contribution is -2.14. The van der Waals surface area contributed by atoms with E-state index in [-0.39, 0.29) is 0 Å². The van der Waals surface area contributed by atoms with E-state index in [4.69, 9.17) is 9.47 Å². The molecule has 1 heterocycles. The molecule has 0 radical (unpaired) electrons. The Bertz CT molecular complexity index is 556. The summed E-state index contributed by atoms with van der Waals surface area (Å²) in [6.45, 7) is 3.26. The van der Waals surface area contributed by atoms with E-state index in [1.165, 1.54) is 0 Å². The van der Waals surface area contributed by atoms with Gasteiger partial charge in [0.05, 0.1) is 25.6 Å². The van der Waals surface area contributed by atoms with E-state index in [1.807, 2.05) is 25.1 Å². The highest BCUT2D eigenvalue weighted by Crippen LogP contribution is 2.30. The van der Waals surface area contributed by atoms with Crippen molar-refractivity contribution in [1.29, 1.82) is 0 Å². The third kappa shape index (κ3) is 3.45. The molecule has 2 aromatic rings. The van der Waals surface area contributed by atoms with Gasteiger partial charge in [0, 0.05) is 31.0 Å². The summed E-state index contributed by atoms with van der Waals surface area (Å²) in [5.41, 5.74) is 2.88. The van der Waals surface area contributed by atoms with E-state index in [2.05, 4.69) is 15.3 Å². The quantitative estimate of drug-likeness (QED) is 0.873. The molecule has 0 saturated carbocycles. The molecule has 20 heavy (non-hydrogen) atoms. The molecule has 0 fully saturated rings. The van der Waals surface area contributed by atoms with Gasteiger partial charge >= 0.3 is 0 Å². The summed E-state index contributed by atoms with van der Waals surface area (Å²) in [5.74, 6) is 1.50. The molecule has 1 aromatic heterocycles. The van der Waals surface area contributed by atoms with Crippen LogP contribution in [0.15, 0.2) is 30.6 Å². The van der Waals surface area contributed by atoms with Gasteiger partial charge in [-0.05, 0) is 13.0 Å². The van der Waals surface area contributed by atoms with Crippen LogP contribution in [-0.4, -0.2) is 24.2 Å². The number of methoxy groups -OCH3 is 2. The van der Waals surface area contributed by atoms with E-state index >= 15 is 0 Å². The van der Waals surface area contributed by atoms with Gasteiger partial charge in [-0.15, -0.1) is 0 Å². The van der Waals surface area contributed by atoms with Gasteiger partial charge in [-0.2, -0.15) is 0 Å². The summed E-state index contributed by atoms with van der Waals surface area (Å²) in [4.78, 5) is 8.52. The fraction of sp³-hybridized carbons (Fsp3) is 0.333. The topological polar surface area (TPSA) is 56.3 Å². The number of nitrogens with one attached hydrogen (secondary N) is 1. The van der Waals surface area contributed by atoms with Gasteiger partial charge in [0.1, 0.15) is 0 Å². The normalized spacial score (nSPS) is 10.3. The van der Waals surface area contributed by atoms with Crippen molar-refractivity contribution < 1.29 is 9.47 Å². The van der Waals surface area contributed by atoms with Crippen molar-refractivity contribution in [2.45, 2.75) is 20.0 Å². The molecule has 0 aliphatic heterocycles. The van der Waals surface area contributed by atoms with Gasteiger partial charge in [-0.1, -0.05) is 12.1 Å². The van der Waals surface area contributed by atoms with E-state index in [1.54, 1.807) is 26.6 Å². The van der Waals surface area contributed by atoms with Gasteiger partial charge < -0.3 is 14.8 Å². The van der Waals surface area contributed by atoms with Crippen LogP contribution in [0.4, 0.5) is 0 Å². The van der Waals surface area contributed by atoms with Crippen LogP contribution in [0.1, 0.15) is 17.0 Å². The first kappa shape index (κ1) is 14.3. The average molecular weight is 273 g/mol. The third-order valence-electron chi connectivity index (χ3n) is 2.94. The van der Waals surface area contributed by atoms with E-state index in [0.29, 0.717) is 13.1 Å². The Balaban J connectivity index is 1.98. The second kappa shape index (κ2) is 6.86. The molecule has 0 atom stereocenters. The maximum atomic E-state index is 5.39. The molecule has 5 heteroatoms. The van der Waals surface area contributed by atoms with Crippen molar-refractivity contribution in [3.63, 3.8) is 0 Å². The van der Waals surface area contributed by atoms with Crippen molar-refractivity contribution in [3.05, 3.63) is 47.5 Å². The molecule has 1 aromatic carbocycles. The molecule has 0 aliphatic carbocycles. The van der Waals surface area contributed by atoms with Crippen LogP contribution in [0.2, 0.25) is 0 Å². The van der Waals surface area contributed by atoms with Crippen LogP contribution in [0.3, 0.4) is 0 Å². The summed E-state index contributed by atoms with van der Waals surface area (Å²) < 4.78 is 10.7. The number of benzene rings is 1. The second-order valence-electron chi connectivity index (χ2n) is 4.41. The van der Waals surface area contributed by atoms with Crippen LogP contribution >= 0.6 is 0 Å². The summed E-state index contributed by atoms with van der Waals surface area (Å²) in [7, 11) is 3.28. The van der Waals surface area contributed by atoms with Gasteiger partial charge in [-0.25, -0.2) is 0 Å². The largest absolute Gasteiger partial charge is 0.493 e. The SMILES string of the molecule is COc1cccc(CNCc2cnc(C)cn2)c1OC. The molecule has 0 amide bonds. The first-order valence-electron chi connectivity index (χ1n) is 6.42. The van der Waals surface area contributed by atoms with Crippen molar-refractivity contribution in [1.82, 2.24) is 15.3 Å². The Hall–Kier alpha value is -2.14. The highest BCUT2D eigenvalue weighted by Gasteiger charge is 2.08. The molecule has 0 spiro atoms. The molecule has 0 unspecified atom stereocenters. The fourth-order valence-corrected chi connectivity index (χ4v) is 1.93. The Labute approximate surface area is 119 Å². The minimum absolute atomic E-state index is 0.660. The number of rotatable bonds is 6. The van der Waals surface area contributed by atoms with E-state index in [9.17, 15) is 0 Å². The summed E-state index contributed by atoms with van der Waals surface area (Å²) in [6, 6.07) is 5.84. The zero-order valence-corrected chi connectivity index (χ0v) is 12.0. The van der Waals surface area contributed by atoms with Crippen molar-refractivity contribution >= 4 is 0 Å². The van der Waals surface area contributed by atoms with Crippen molar-refractivity contribution in [3.8, 4) is 11.5 Å². The molecule has 1 N–H and O–H groups in total. The number of aromatic nitrogens is 2. The predicted molar refractivity (Wildman–Crippen MR) is 76.9 cm³/mol. The maximum Gasteiger partial charge on any atom is 0.165 e. The van der Waals surface area contributed by atoms with Gasteiger partial charge in [0.15, 0.2) is 11.5 Å². The molecule has 5 nitrogen and oxygen atoms in total. The highest BCUT2D eigenvalue weighted by molar-refractivity contribution is 5.46. The second-order valence-corrected chi connectivity index (χ2v) is 4.41. The molecule has 0 bridgehead atoms. The first-order valence-corrected chi connectivity index (χ1v) is 6.42. The molecule has 106 valence electrons. The smallest absolute Gasteiger partial charge is 0.165 e. The summed E-state index contributed by atoms with van der Waals surface area (Å²) in [5, 5.41) is 3.33. The Morgan fingerprint density at radius 3 is 2.55 bits per heavy atom. The van der Waals surface area contributed by atoms with Crippen molar-refractivity contribution in [2.24, 2.45) is 0 Å². The highest BCUT2D eigenvalue weighted by atomic mass is 16.5. The zero-order chi connectivity index (χ0) is 14.4. The van der Waals surface area contributed by atoms with Gasteiger partial charge in [0.25, 0.3) is 0 Å². The average Bonchev–Trinajstić information content (AvgIpc) is 2.49. The first-order chi connectivity index (χ1) is 9.74. The standard InChI is InChI=1S/C15H19N3O2/c1-11-7-18-13(10-17-11)9-16-8-12-5-4-6-14(19-2)15(12)20-3/h4-7,10,16H,8-9H2,1-3H3. The van der Waals surface area contributed by atoms with Crippen molar-refractivity contribution in [2.75, 3.05) is 14.2 Å². The number of aryl methyl sites for hydroxylation is 1. The number of ether oxygens (including phenoxy) is 2. The third-order valence-corrected chi connectivity index (χ3v) is 2.94. The van der Waals surface area contributed by atoms with Gasteiger partial charge in [-0.3, -0.25) is 9.97 Å². The lowest BCUT2D eigenvalue weighted by atomic mass is 10.2. The van der Waals surface area contributed by atoms with Crippen LogP contribution in [-0.2, 0) is 13.1 Å². The van der Waals surface area contributed by atoms with E-state index in [0.717, 1.165) is 28.5 Å². The Morgan fingerprint density at radius 1 is 1.05 bits per heavy atom. The molecular weight excluding hydrogens is 254 g/mol. The Morgan fingerprint density at radius 2 is 1.90 bits per heavy atom. The van der Waals surface area contributed by atoms with Gasteiger partial charge in [0.2, 0.25) is 0 Å². The fourth-order valence-electron chi connectivity index (χ4n) is 1.93. The molecule has 0 aliphatic rings. The number of nitrogens with zero attached hydrogens (tertiary/aromatic N) is 2. The van der Waals surface area contributed by atoms with Crippen LogP contribution < -0.4 is 14.8 Å². The lowest BCUT2D eigenvalue weighted by Gasteiger charge is -2.13. The molecule has 2 rings (SSSR count). The number of para-hydroxylation sites is 1. The predicted octanol–water partition coefficient (Wildman–Crippen LogP) is 2.09. The van der Waals surface area contributed by atoms with Crippen LogP contribution in [0.25, 0.3) is 0 Å². The van der Waals surface area contributed by atoms with Crippen LogP contribution in [0.5, 0.6) is 11.5 Å². The molecule has 0 saturated heterocycles. The van der Waals surface area contributed by atoms with E-state index < -0.39 is 0 Å². The minimum atomic E-state index is 0.660. The number of hydrogen-bond donors (Lipinski definition) is 1. The van der Waals surface area contributed by atoms with Crippen LogP contribution in [0, 0.1) is 6.92 Å². The summed E-state index contributed by atoms with van der Waals surface area (Å²) >= 11 is 0. The zero-order valence-electron chi connectivity index (χ0n) is 12.0. The Kier molecular flexibility index (Phi) is 4.90. The monoisotopic (exact) mass is 273 g/mol. The minimum Gasteiger partial charge on any atom is -0.493 e. The number of hydrogen-bond acceptors (Lipinski definition) is 5.